The summed E-state index contributed by atoms with van der Waals surface area (Å²) in [5.41, 5.74) is 0. The first-order chi connectivity index (χ1) is 30.3. The molecule has 63 heavy (non-hydrogen) atoms. The van der Waals surface area contributed by atoms with Crippen LogP contribution in [0.2, 0.25) is 0 Å². The van der Waals surface area contributed by atoms with Crippen LogP contribution in [0.4, 0.5) is 0 Å². The molecule has 1 amide bonds. The largest absolute Gasteiger partial charge is 0.472 e. The van der Waals surface area contributed by atoms with Crippen molar-refractivity contribution in [3.8, 4) is 0 Å². The lowest BCUT2D eigenvalue weighted by Crippen LogP contribution is -2.64. The van der Waals surface area contributed by atoms with E-state index in [1.165, 1.54) is 122 Å². The summed E-state index contributed by atoms with van der Waals surface area (Å²) in [4.78, 5) is 23.5. The zero-order valence-corrected chi connectivity index (χ0v) is 40.1. The standard InChI is InChI=1S/C49H92NO12P/c1-3-5-7-9-11-13-15-17-19-20-21-22-23-24-26-28-30-32-34-36-40(51)38-43(53)50-41(39-61-63(59,60)62-49-47(57)45(55)44(54)46(56)48(49)58)42(52)37-35-33-31-29-27-25-18-16-14-12-10-8-6-4-2/h5,7,11,13,35,37,40-42,44-49,51-52,54-58H,3-4,6,8-10,12,14-34,36,38-39H2,1-2H3,(H,50,53)(H,59,60)/b7-5-,13-11-,37-35+. The van der Waals surface area contributed by atoms with Crippen molar-refractivity contribution in [2.45, 2.75) is 261 Å². The summed E-state index contributed by atoms with van der Waals surface area (Å²) in [7, 11) is -5.14. The van der Waals surface area contributed by atoms with E-state index in [4.69, 9.17) is 9.05 Å². The highest BCUT2D eigenvalue weighted by molar-refractivity contribution is 7.47. The van der Waals surface area contributed by atoms with E-state index in [-0.39, 0.29) is 6.42 Å². The Bertz CT molecular complexity index is 1220. The number of phosphoric acid groups is 1. The third-order valence-electron chi connectivity index (χ3n) is 12.0. The van der Waals surface area contributed by atoms with Gasteiger partial charge in [-0.05, 0) is 44.9 Å². The number of aliphatic hydroxyl groups is 7. The van der Waals surface area contributed by atoms with E-state index in [9.17, 15) is 50.0 Å². The normalized spacial score (nSPS) is 23.1. The molecule has 1 rings (SSSR count). The smallest absolute Gasteiger partial charge is 0.393 e. The minimum atomic E-state index is -5.14. The Hall–Kier alpha value is -1.48. The summed E-state index contributed by atoms with van der Waals surface area (Å²) < 4.78 is 22.9. The molecule has 0 aliphatic heterocycles. The molecule has 0 radical (unpaired) electrons. The zero-order valence-electron chi connectivity index (χ0n) is 39.2. The van der Waals surface area contributed by atoms with Crippen LogP contribution >= 0.6 is 7.82 Å². The second kappa shape index (κ2) is 38.6. The Labute approximate surface area is 381 Å². The number of unbranched alkanes of at least 4 members (excludes halogenated alkanes) is 24. The van der Waals surface area contributed by atoms with Crippen molar-refractivity contribution in [1.82, 2.24) is 5.32 Å². The molecular formula is C49H92NO12P. The van der Waals surface area contributed by atoms with Gasteiger partial charge in [0.1, 0.15) is 36.6 Å². The number of hydrogen-bond donors (Lipinski definition) is 9. The average molecular weight is 918 g/mol. The molecule has 1 saturated carbocycles. The molecule has 1 aliphatic rings. The molecule has 0 bridgehead atoms. The SMILES string of the molecule is CC/C=C\C/C=C\CCCCCCCCCCCCCCC(O)CC(=O)NC(COP(=O)(O)OC1C(O)C(O)C(O)C(O)C1O)C(O)/C=C/CCCCCCCCCCCCCC. The molecule has 14 heteroatoms. The average Bonchev–Trinajstić information content (AvgIpc) is 3.26. The molecule has 0 heterocycles. The fourth-order valence-corrected chi connectivity index (χ4v) is 8.89. The molecule has 1 aliphatic carbocycles. The van der Waals surface area contributed by atoms with Gasteiger partial charge in [-0.25, -0.2) is 4.57 Å². The van der Waals surface area contributed by atoms with Crippen LogP contribution in [0.25, 0.3) is 0 Å². The summed E-state index contributed by atoms with van der Waals surface area (Å²) in [6.07, 6.45) is 30.8. The minimum Gasteiger partial charge on any atom is -0.393 e. The predicted molar refractivity (Wildman–Crippen MR) is 252 cm³/mol. The molecule has 0 aromatic carbocycles. The van der Waals surface area contributed by atoms with Crippen molar-refractivity contribution in [2.24, 2.45) is 0 Å². The number of rotatable bonds is 41. The van der Waals surface area contributed by atoms with Crippen molar-refractivity contribution in [2.75, 3.05) is 6.61 Å². The van der Waals surface area contributed by atoms with Crippen molar-refractivity contribution in [1.29, 1.82) is 0 Å². The van der Waals surface area contributed by atoms with Gasteiger partial charge in [-0.3, -0.25) is 13.8 Å². The summed E-state index contributed by atoms with van der Waals surface area (Å²) in [6, 6.07) is -1.24. The molecule has 0 aromatic heterocycles. The zero-order chi connectivity index (χ0) is 46.6. The second-order valence-electron chi connectivity index (χ2n) is 17.8. The van der Waals surface area contributed by atoms with E-state index in [2.05, 4.69) is 43.5 Å². The van der Waals surface area contributed by atoms with Gasteiger partial charge in [-0.15, -0.1) is 0 Å². The molecule has 9 N–H and O–H groups in total. The molecule has 8 unspecified atom stereocenters. The Kier molecular flexibility index (Phi) is 36.5. The molecule has 0 spiro atoms. The number of aliphatic hydroxyl groups excluding tert-OH is 7. The maximum atomic E-state index is 13.0. The lowest BCUT2D eigenvalue weighted by molar-refractivity contribution is -0.220. The van der Waals surface area contributed by atoms with Crippen LogP contribution in [-0.4, -0.2) is 108 Å². The van der Waals surface area contributed by atoms with Gasteiger partial charge in [0.2, 0.25) is 5.91 Å². The number of amides is 1. The Balaban J connectivity index is 2.48. The van der Waals surface area contributed by atoms with E-state index in [1.54, 1.807) is 6.08 Å². The summed E-state index contributed by atoms with van der Waals surface area (Å²) >= 11 is 0. The van der Waals surface area contributed by atoms with Gasteiger partial charge in [0.05, 0.1) is 31.3 Å². The van der Waals surface area contributed by atoms with Crippen LogP contribution in [0.1, 0.15) is 206 Å². The topological polar surface area (TPSA) is 226 Å². The number of phosphoric ester groups is 1. The molecule has 8 atom stereocenters. The van der Waals surface area contributed by atoms with Gasteiger partial charge in [-0.1, -0.05) is 192 Å². The monoisotopic (exact) mass is 918 g/mol. The fourth-order valence-electron chi connectivity index (χ4n) is 7.93. The van der Waals surface area contributed by atoms with Gasteiger partial charge >= 0.3 is 7.82 Å². The van der Waals surface area contributed by atoms with E-state index >= 15 is 0 Å². The number of carbonyl (C=O) groups excluding carboxylic acids is 1. The van der Waals surface area contributed by atoms with Crippen LogP contribution < -0.4 is 5.32 Å². The number of carbonyl (C=O) groups is 1. The van der Waals surface area contributed by atoms with Crippen LogP contribution in [0, 0.1) is 0 Å². The van der Waals surface area contributed by atoms with E-state index in [0.29, 0.717) is 12.8 Å². The number of hydrogen-bond acceptors (Lipinski definition) is 11. The first-order valence-corrected chi connectivity index (χ1v) is 26.5. The quantitative estimate of drug-likeness (QED) is 0.0159. The number of allylic oxidation sites excluding steroid dienone is 5. The summed E-state index contributed by atoms with van der Waals surface area (Å²) in [6.45, 7) is 3.64. The van der Waals surface area contributed by atoms with Gasteiger partial charge in [0.25, 0.3) is 0 Å². The van der Waals surface area contributed by atoms with E-state index in [1.807, 2.05) is 0 Å². The fraction of sp³-hybridized carbons (Fsp3) is 0.857. The third-order valence-corrected chi connectivity index (χ3v) is 13.0. The Morgan fingerprint density at radius 3 is 1.51 bits per heavy atom. The van der Waals surface area contributed by atoms with Crippen LogP contribution in [-0.2, 0) is 18.4 Å². The lowest BCUT2D eigenvalue weighted by Gasteiger charge is -2.41. The predicted octanol–water partition coefficient (Wildman–Crippen LogP) is 8.92. The molecule has 13 nitrogen and oxygen atoms in total. The molecule has 370 valence electrons. The van der Waals surface area contributed by atoms with E-state index in [0.717, 1.165) is 57.8 Å². The Morgan fingerprint density at radius 2 is 1.02 bits per heavy atom. The second-order valence-corrected chi connectivity index (χ2v) is 19.2. The molecular weight excluding hydrogens is 826 g/mol. The third kappa shape index (κ3) is 30.4. The van der Waals surface area contributed by atoms with Crippen molar-refractivity contribution in [3.63, 3.8) is 0 Å². The lowest BCUT2D eigenvalue weighted by atomic mass is 9.85. The summed E-state index contributed by atoms with van der Waals surface area (Å²) in [5, 5.41) is 74.6. The van der Waals surface area contributed by atoms with Gasteiger partial charge in [0, 0.05) is 0 Å². The molecule has 0 aromatic rings. The van der Waals surface area contributed by atoms with Gasteiger partial charge < -0.3 is 46.0 Å². The maximum Gasteiger partial charge on any atom is 0.472 e. The van der Waals surface area contributed by atoms with Crippen molar-refractivity contribution >= 4 is 13.7 Å². The highest BCUT2D eigenvalue weighted by Gasteiger charge is 2.51. The van der Waals surface area contributed by atoms with Crippen molar-refractivity contribution < 1.29 is 59.0 Å². The highest BCUT2D eigenvalue weighted by atomic mass is 31.2. The molecule has 1 fully saturated rings. The Morgan fingerprint density at radius 1 is 0.587 bits per heavy atom. The van der Waals surface area contributed by atoms with Gasteiger partial charge in [0.15, 0.2) is 0 Å². The highest BCUT2D eigenvalue weighted by Crippen LogP contribution is 2.47. The number of nitrogens with one attached hydrogen (secondary N) is 1. The maximum absolute atomic E-state index is 13.0. The minimum absolute atomic E-state index is 0.245. The molecule has 0 saturated heterocycles. The first-order valence-electron chi connectivity index (χ1n) is 25.0. The van der Waals surface area contributed by atoms with E-state index < -0.39 is 75.2 Å². The summed E-state index contributed by atoms with van der Waals surface area (Å²) in [5.74, 6) is -0.594. The van der Waals surface area contributed by atoms with Crippen LogP contribution in [0.15, 0.2) is 36.5 Å². The van der Waals surface area contributed by atoms with Crippen molar-refractivity contribution in [3.05, 3.63) is 36.5 Å². The first kappa shape index (κ1) is 59.5. The van der Waals surface area contributed by atoms with Crippen LogP contribution in [0.5, 0.6) is 0 Å². The van der Waals surface area contributed by atoms with Crippen LogP contribution in [0.3, 0.4) is 0 Å². The van der Waals surface area contributed by atoms with Gasteiger partial charge in [-0.2, -0.15) is 0 Å².